The summed E-state index contributed by atoms with van der Waals surface area (Å²) in [6.07, 6.45) is 0.894. The lowest BCUT2D eigenvalue weighted by molar-refractivity contribution is 0.317. The molecule has 0 saturated heterocycles. The topological polar surface area (TPSA) is 105 Å². The van der Waals surface area contributed by atoms with E-state index in [2.05, 4.69) is 0 Å². The van der Waals surface area contributed by atoms with Crippen molar-refractivity contribution in [2.45, 2.75) is 18.2 Å². The van der Waals surface area contributed by atoms with Crippen LogP contribution in [-0.4, -0.2) is 15.0 Å². The largest absolute Gasteiger partial charge is 0.494 e. The predicted octanol–water partition coefficient (Wildman–Crippen LogP) is 2.41. The summed E-state index contributed by atoms with van der Waals surface area (Å²) in [4.78, 5) is -0.0505. The van der Waals surface area contributed by atoms with Gasteiger partial charge in [0, 0.05) is 0 Å². The van der Waals surface area contributed by atoms with Gasteiger partial charge in [0.2, 0.25) is 0 Å². The van der Waals surface area contributed by atoms with Crippen molar-refractivity contribution in [3.05, 3.63) is 42.5 Å². The van der Waals surface area contributed by atoms with Crippen LogP contribution in [0.3, 0.4) is 0 Å². The van der Waals surface area contributed by atoms with Crippen LogP contribution >= 0.6 is 0 Å². The summed E-state index contributed by atoms with van der Waals surface area (Å²) >= 11 is 0. The van der Waals surface area contributed by atoms with Crippen LogP contribution in [-0.2, 0) is 10.1 Å². The lowest BCUT2D eigenvalue weighted by Gasteiger charge is -2.09. The fourth-order valence-electron chi connectivity index (χ4n) is 1.69. The molecule has 118 valence electrons. The Morgan fingerprint density at radius 1 is 0.955 bits per heavy atom. The Morgan fingerprint density at radius 3 is 2.18 bits per heavy atom. The second-order valence-electron chi connectivity index (χ2n) is 4.65. The number of nitrogen functional groups attached to an aromatic ring is 2. The summed E-state index contributed by atoms with van der Waals surface area (Å²) in [7, 11) is -3.96. The van der Waals surface area contributed by atoms with Crippen LogP contribution in [0.15, 0.2) is 47.4 Å². The van der Waals surface area contributed by atoms with Crippen molar-refractivity contribution in [1.29, 1.82) is 0 Å². The summed E-state index contributed by atoms with van der Waals surface area (Å²) in [6.45, 7) is 2.60. The van der Waals surface area contributed by atoms with Crippen molar-refractivity contribution in [3.8, 4) is 11.5 Å². The highest BCUT2D eigenvalue weighted by atomic mass is 32.2. The molecule has 4 N–H and O–H groups in total. The number of hydrogen-bond donors (Lipinski definition) is 2. The molecule has 0 bridgehead atoms. The Bertz CT molecular complexity index is 743. The van der Waals surface area contributed by atoms with Gasteiger partial charge in [-0.15, -0.1) is 0 Å². The molecule has 0 heterocycles. The van der Waals surface area contributed by atoms with Crippen LogP contribution in [0.25, 0.3) is 0 Å². The highest BCUT2D eigenvalue weighted by Crippen LogP contribution is 2.24. The van der Waals surface area contributed by atoms with Crippen LogP contribution in [0.1, 0.15) is 13.3 Å². The van der Waals surface area contributed by atoms with Gasteiger partial charge in [-0.3, -0.25) is 0 Å². The second-order valence-corrected chi connectivity index (χ2v) is 6.19. The molecule has 0 aliphatic heterocycles. The van der Waals surface area contributed by atoms with Gasteiger partial charge in [-0.1, -0.05) is 6.92 Å². The molecule has 7 heteroatoms. The predicted molar refractivity (Wildman–Crippen MR) is 85.3 cm³/mol. The third-order valence-corrected chi connectivity index (χ3v) is 4.09. The lowest BCUT2D eigenvalue weighted by Crippen LogP contribution is -2.10. The van der Waals surface area contributed by atoms with E-state index in [1.165, 1.54) is 30.3 Å². The average Bonchev–Trinajstić information content (AvgIpc) is 2.49. The monoisotopic (exact) mass is 322 g/mol. The molecule has 0 radical (unpaired) electrons. The third-order valence-electron chi connectivity index (χ3n) is 2.85. The zero-order valence-corrected chi connectivity index (χ0v) is 13.0. The van der Waals surface area contributed by atoms with Crippen molar-refractivity contribution < 1.29 is 17.3 Å². The maximum atomic E-state index is 12.2. The molecule has 2 aromatic carbocycles. The van der Waals surface area contributed by atoms with Crippen molar-refractivity contribution in [3.63, 3.8) is 0 Å². The van der Waals surface area contributed by atoms with E-state index >= 15 is 0 Å². The number of hydrogen-bond acceptors (Lipinski definition) is 6. The summed E-state index contributed by atoms with van der Waals surface area (Å²) in [5, 5.41) is 0. The second kappa shape index (κ2) is 6.57. The zero-order valence-electron chi connectivity index (χ0n) is 12.2. The summed E-state index contributed by atoms with van der Waals surface area (Å²) in [5.41, 5.74) is 11.7. The van der Waals surface area contributed by atoms with Gasteiger partial charge >= 0.3 is 10.1 Å². The summed E-state index contributed by atoms with van der Waals surface area (Å²) < 4.78 is 34.8. The third kappa shape index (κ3) is 3.82. The van der Waals surface area contributed by atoms with Gasteiger partial charge in [0.25, 0.3) is 0 Å². The van der Waals surface area contributed by atoms with Gasteiger partial charge in [0.1, 0.15) is 16.4 Å². The maximum absolute atomic E-state index is 12.2. The molecule has 6 nitrogen and oxygen atoms in total. The molecule has 22 heavy (non-hydrogen) atoms. The van der Waals surface area contributed by atoms with Gasteiger partial charge in [0.15, 0.2) is 0 Å². The molecule has 0 aliphatic rings. The normalized spacial score (nSPS) is 11.1. The molecule has 0 saturated carbocycles. The zero-order chi connectivity index (χ0) is 16.2. The Morgan fingerprint density at radius 2 is 1.59 bits per heavy atom. The molecule has 2 aromatic rings. The molecular formula is C15H18N2O4S. The molecule has 0 amide bonds. The molecule has 0 unspecified atom stereocenters. The fourth-order valence-corrected chi connectivity index (χ4v) is 2.66. The Balaban J connectivity index is 2.16. The average molecular weight is 322 g/mol. The van der Waals surface area contributed by atoms with Gasteiger partial charge in [-0.25, -0.2) is 0 Å². The minimum atomic E-state index is -3.96. The van der Waals surface area contributed by atoms with Crippen LogP contribution < -0.4 is 20.4 Å². The van der Waals surface area contributed by atoms with Gasteiger partial charge in [-0.2, -0.15) is 8.42 Å². The maximum Gasteiger partial charge on any atom is 0.339 e. The van der Waals surface area contributed by atoms with Gasteiger partial charge < -0.3 is 20.4 Å². The number of rotatable bonds is 6. The van der Waals surface area contributed by atoms with E-state index in [1.807, 2.05) is 6.92 Å². The number of ether oxygens (including phenoxy) is 1. The van der Waals surface area contributed by atoms with Gasteiger partial charge in [-0.05, 0) is 48.9 Å². The molecule has 2 rings (SSSR count). The molecule has 0 aromatic heterocycles. The quantitative estimate of drug-likeness (QED) is 0.625. The number of nitrogens with two attached hydrogens (primary N) is 2. The Kier molecular flexibility index (Phi) is 4.77. The van der Waals surface area contributed by atoms with Crippen LogP contribution in [0.5, 0.6) is 11.5 Å². The number of anilines is 2. The van der Waals surface area contributed by atoms with Gasteiger partial charge in [0.05, 0.1) is 18.0 Å². The first-order valence-electron chi connectivity index (χ1n) is 6.74. The Labute approximate surface area is 129 Å². The van der Waals surface area contributed by atoms with Crippen molar-refractivity contribution >= 4 is 21.5 Å². The van der Waals surface area contributed by atoms with E-state index < -0.39 is 10.1 Å². The lowest BCUT2D eigenvalue weighted by atomic mass is 10.3. The standard InChI is InChI=1S/C15H18N2O4S/c1-2-9-20-11-3-5-12(6-4-11)21-22(18,19)13-7-8-14(16)15(17)10-13/h3-8,10H,2,9,16-17H2,1H3. The van der Waals surface area contributed by atoms with Crippen LogP contribution in [0, 0.1) is 0 Å². The molecule has 0 atom stereocenters. The van der Waals surface area contributed by atoms with Crippen LogP contribution in [0.2, 0.25) is 0 Å². The fraction of sp³-hybridized carbons (Fsp3) is 0.200. The van der Waals surface area contributed by atoms with E-state index in [0.717, 1.165) is 6.42 Å². The van der Waals surface area contributed by atoms with E-state index in [4.69, 9.17) is 20.4 Å². The van der Waals surface area contributed by atoms with Crippen molar-refractivity contribution in [2.24, 2.45) is 0 Å². The van der Waals surface area contributed by atoms with Crippen molar-refractivity contribution in [1.82, 2.24) is 0 Å². The minimum Gasteiger partial charge on any atom is -0.494 e. The molecule has 0 fully saturated rings. The van der Waals surface area contributed by atoms with E-state index in [1.54, 1.807) is 12.1 Å². The highest BCUT2D eigenvalue weighted by Gasteiger charge is 2.17. The Hall–Kier alpha value is -2.41. The smallest absolute Gasteiger partial charge is 0.339 e. The first kappa shape index (κ1) is 16.0. The van der Waals surface area contributed by atoms with E-state index in [9.17, 15) is 8.42 Å². The molecule has 0 spiro atoms. The van der Waals surface area contributed by atoms with E-state index in [0.29, 0.717) is 18.0 Å². The summed E-state index contributed by atoms with van der Waals surface area (Å²) in [6, 6.07) is 10.4. The number of benzene rings is 2. The van der Waals surface area contributed by atoms with E-state index in [-0.39, 0.29) is 16.3 Å². The first-order valence-corrected chi connectivity index (χ1v) is 8.15. The summed E-state index contributed by atoms with van der Waals surface area (Å²) in [5.74, 6) is 0.850. The molecule has 0 aliphatic carbocycles. The highest BCUT2D eigenvalue weighted by molar-refractivity contribution is 7.87. The van der Waals surface area contributed by atoms with Crippen molar-refractivity contribution in [2.75, 3.05) is 18.1 Å². The van der Waals surface area contributed by atoms with Crippen LogP contribution in [0.4, 0.5) is 11.4 Å². The minimum absolute atomic E-state index is 0.0505. The first-order chi connectivity index (χ1) is 10.4. The molecular weight excluding hydrogens is 304 g/mol. The SMILES string of the molecule is CCCOc1ccc(OS(=O)(=O)c2ccc(N)c(N)c2)cc1.